The highest BCUT2D eigenvalue weighted by molar-refractivity contribution is 14.0. The summed E-state index contributed by atoms with van der Waals surface area (Å²) in [4.78, 5) is 18.3. The van der Waals surface area contributed by atoms with E-state index in [0.717, 1.165) is 18.4 Å². The van der Waals surface area contributed by atoms with Crippen LogP contribution in [0.5, 0.6) is 0 Å². The molecule has 2 unspecified atom stereocenters. The number of halogens is 1. The predicted octanol–water partition coefficient (Wildman–Crippen LogP) is 3.12. The smallest absolute Gasteiger partial charge is 0.410 e. The van der Waals surface area contributed by atoms with E-state index in [4.69, 9.17) is 4.74 Å². The maximum absolute atomic E-state index is 12.3. The number of aliphatic imine (C=N–C) groups is 1. The molecule has 1 heterocycles. The van der Waals surface area contributed by atoms with Gasteiger partial charge in [0, 0.05) is 55.0 Å². The van der Waals surface area contributed by atoms with E-state index in [1.165, 1.54) is 0 Å². The van der Waals surface area contributed by atoms with Crippen molar-refractivity contribution in [3.63, 3.8) is 0 Å². The van der Waals surface area contributed by atoms with Gasteiger partial charge in [0.25, 0.3) is 0 Å². The zero-order valence-electron chi connectivity index (χ0n) is 18.3. The first-order chi connectivity index (χ1) is 13.8. The molecule has 1 fully saturated rings. The standard InChI is InChI=1S/C21H34N4O3S.HI/c1-21(2,3)28-20(26)25-13-8-11-18(15-25)24-19(22-4)23-12-14-29(27)16-17-9-6-5-7-10-17;/h5-7,9-10,18H,8,11-16H2,1-4H3,(H2,22,23,24);1H. The fraction of sp³-hybridized carbons (Fsp3) is 0.619. The molecule has 1 aromatic carbocycles. The van der Waals surface area contributed by atoms with Crippen LogP contribution in [0.2, 0.25) is 0 Å². The normalized spacial score (nSPS) is 18.2. The molecule has 1 saturated heterocycles. The van der Waals surface area contributed by atoms with Crippen molar-refractivity contribution in [2.45, 2.75) is 51.0 Å². The lowest BCUT2D eigenvalue weighted by Gasteiger charge is -2.35. The molecule has 9 heteroatoms. The van der Waals surface area contributed by atoms with Crippen molar-refractivity contribution < 1.29 is 13.7 Å². The number of amides is 1. The minimum atomic E-state index is -0.933. The second kappa shape index (κ2) is 13.1. The van der Waals surface area contributed by atoms with E-state index in [9.17, 15) is 9.00 Å². The Kier molecular flexibility index (Phi) is 11.7. The van der Waals surface area contributed by atoms with E-state index in [1.54, 1.807) is 11.9 Å². The number of piperidine rings is 1. The van der Waals surface area contributed by atoms with Gasteiger partial charge in [-0.1, -0.05) is 30.3 Å². The van der Waals surface area contributed by atoms with Crippen LogP contribution in [0.25, 0.3) is 0 Å². The third-order valence-electron chi connectivity index (χ3n) is 4.43. The SMILES string of the molecule is CN=C(NCCS(=O)Cc1ccccc1)NC1CCCN(C(=O)OC(C)(C)C)C1.I. The van der Waals surface area contributed by atoms with Crippen molar-refractivity contribution in [2.75, 3.05) is 32.4 Å². The summed E-state index contributed by atoms with van der Waals surface area (Å²) in [7, 11) is 0.780. The minimum absolute atomic E-state index is 0. The number of hydrogen-bond donors (Lipinski definition) is 2. The third-order valence-corrected chi connectivity index (χ3v) is 5.74. The van der Waals surface area contributed by atoms with E-state index >= 15 is 0 Å². The minimum Gasteiger partial charge on any atom is -0.444 e. The predicted molar refractivity (Wildman–Crippen MR) is 134 cm³/mol. The lowest BCUT2D eigenvalue weighted by Crippen LogP contribution is -2.53. The number of ether oxygens (including phenoxy) is 1. The number of benzene rings is 1. The molecular formula is C21H35IN4O3S. The number of carbonyl (C=O) groups excluding carboxylic acids is 1. The number of nitrogens with zero attached hydrogens (tertiary/aromatic N) is 2. The van der Waals surface area contributed by atoms with Gasteiger partial charge in [0.05, 0.1) is 0 Å². The van der Waals surface area contributed by atoms with Crippen LogP contribution in [0.15, 0.2) is 35.3 Å². The van der Waals surface area contributed by atoms with Gasteiger partial charge in [0.15, 0.2) is 5.96 Å². The van der Waals surface area contributed by atoms with Gasteiger partial charge in [-0.15, -0.1) is 24.0 Å². The molecule has 2 atom stereocenters. The Morgan fingerprint density at radius 1 is 1.30 bits per heavy atom. The largest absolute Gasteiger partial charge is 0.444 e. The number of rotatable bonds is 6. The average molecular weight is 551 g/mol. The van der Waals surface area contributed by atoms with Gasteiger partial charge in [-0.25, -0.2) is 4.79 Å². The van der Waals surface area contributed by atoms with Crippen LogP contribution in [0.3, 0.4) is 0 Å². The molecule has 0 aromatic heterocycles. The molecular weight excluding hydrogens is 515 g/mol. The van der Waals surface area contributed by atoms with Crippen molar-refractivity contribution in [2.24, 2.45) is 4.99 Å². The molecule has 1 aromatic rings. The Morgan fingerprint density at radius 3 is 2.63 bits per heavy atom. The molecule has 0 spiro atoms. The zero-order valence-corrected chi connectivity index (χ0v) is 21.5. The molecule has 2 rings (SSSR count). The van der Waals surface area contributed by atoms with Crippen LogP contribution < -0.4 is 10.6 Å². The summed E-state index contributed by atoms with van der Waals surface area (Å²) in [5.74, 6) is 1.77. The van der Waals surface area contributed by atoms with Gasteiger partial charge in [-0.05, 0) is 39.2 Å². The summed E-state index contributed by atoms with van der Waals surface area (Å²) in [5, 5.41) is 6.59. The van der Waals surface area contributed by atoms with Crippen molar-refractivity contribution in [1.82, 2.24) is 15.5 Å². The maximum atomic E-state index is 12.3. The van der Waals surface area contributed by atoms with Crippen molar-refractivity contribution in [3.8, 4) is 0 Å². The van der Waals surface area contributed by atoms with Gasteiger partial charge in [-0.3, -0.25) is 9.20 Å². The molecule has 30 heavy (non-hydrogen) atoms. The fourth-order valence-corrected chi connectivity index (χ4v) is 4.13. The topological polar surface area (TPSA) is 83.0 Å². The molecule has 0 bridgehead atoms. The summed E-state index contributed by atoms with van der Waals surface area (Å²) >= 11 is 0. The number of likely N-dealkylation sites (tertiary alicyclic amines) is 1. The number of guanidine groups is 1. The first-order valence-corrected chi connectivity index (χ1v) is 11.6. The van der Waals surface area contributed by atoms with Crippen LogP contribution in [0.1, 0.15) is 39.2 Å². The Labute approximate surface area is 199 Å². The number of nitrogens with one attached hydrogen (secondary N) is 2. The summed E-state index contributed by atoms with van der Waals surface area (Å²) in [6, 6.07) is 9.97. The lowest BCUT2D eigenvalue weighted by atomic mass is 10.1. The summed E-state index contributed by atoms with van der Waals surface area (Å²) in [5.41, 5.74) is 0.586. The van der Waals surface area contributed by atoms with Crippen LogP contribution in [0, 0.1) is 0 Å². The number of carbonyl (C=O) groups is 1. The van der Waals surface area contributed by atoms with Gasteiger partial charge in [0.2, 0.25) is 0 Å². The molecule has 1 amide bonds. The Balaban J connectivity index is 0.00000450. The molecule has 1 aliphatic rings. The fourth-order valence-electron chi connectivity index (χ4n) is 3.09. The quantitative estimate of drug-likeness (QED) is 0.323. The summed E-state index contributed by atoms with van der Waals surface area (Å²) in [6.45, 7) is 7.48. The molecule has 0 saturated carbocycles. The Bertz CT molecular complexity index is 710. The summed E-state index contributed by atoms with van der Waals surface area (Å²) < 4.78 is 17.7. The van der Waals surface area contributed by atoms with E-state index in [-0.39, 0.29) is 36.1 Å². The van der Waals surface area contributed by atoms with Gasteiger partial charge in [0.1, 0.15) is 5.60 Å². The average Bonchev–Trinajstić information content (AvgIpc) is 2.67. The Morgan fingerprint density at radius 2 is 2.00 bits per heavy atom. The van der Waals surface area contributed by atoms with E-state index in [2.05, 4.69) is 15.6 Å². The van der Waals surface area contributed by atoms with Gasteiger partial charge >= 0.3 is 6.09 Å². The molecule has 170 valence electrons. The maximum Gasteiger partial charge on any atom is 0.410 e. The zero-order chi connectivity index (χ0) is 21.3. The molecule has 0 radical (unpaired) electrons. The van der Waals surface area contributed by atoms with E-state index in [0.29, 0.717) is 37.1 Å². The van der Waals surface area contributed by atoms with Crippen molar-refractivity contribution >= 4 is 46.8 Å². The monoisotopic (exact) mass is 550 g/mol. The van der Waals surface area contributed by atoms with E-state index in [1.807, 2.05) is 51.1 Å². The van der Waals surface area contributed by atoms with Crippen LogP contribution in [-0.2, 0) is 21.3 Å². The highest BCUT2D eigenvalue weighted by atomic mass is 127. The van der Waals surface area contributed by atoms with Crippen LogP contribution in [0.4, 0.5) is 4.79 Å². The second-order valence-corrected chi connectivity index (χ2v) is 9.76. The highest BCUT2D eigenvalue weighted by Crippen LogP contribution is 2.15. The molecule has 2 N–H and O–H groups in total. The van der Waals surface area contributed by atoms with Crippen molar-refractivity contribution in [1.29, 1.82) is 0 Å². The van der Waals surface area contributed by atoms with Gasteiger partial charge < -0.3 is 20.3 Å². The first kappa shape index (κ1) is 26.7. The molecule has 1 aliphatic heterocycles. The van der Waals surface area contributed by atoms with Gasteiger partial charge in [-0.2, -0.15) is 0 Å². The Hall–Kier alpha value is -1.36. The highest BCUT2D eigenvalue weighted by Gasteiger charge is 2.28. The molecule has 7 nitrogen and oxygen atoms in total. The molecule has 0 aliphatic carbocycles. The van der Waals surface area contributed by atoms with Crippen LogP contribution in [-0.4, -0.2) is 65.2 Å². The lowest BCUT2D eigenvalue weighted by molar-refractivity contribution is 0.0193. The van der Waals surface area contributed by atoms with Crippen LogP contribution >= 0.6 is 24.0 Å². The first-order valence-electron chi connectivity index (χ1n) is 10.1. The van der Waals surface area contributed by atoms with Crippen molar-refractivity contribution in [3.05, 3.63) is 35.9 Å². The third kappa shape index (κ3) is 10.1. The summed E-state index contributed by atoms with van der Waals surface area (Å²) in [6.07, 6.45) is 1.60. The second-order valence-electron chi connectivity index (χ2n) is 8.18. The van der Waals surface area contributed by atoms with E-state index < -0.39 is 16.4 Å². The number of hydrogen-bond acceptors (Lipinski definition) is 4.